The largest absolute Gasteiger partial charge is 0.493 e. The van der Waals surface area contributed by atoms with Gasteiger partial charge in [0.2, 0.25) is 0 Å². The summed E-state index contributed by atoms with van der Waals surface area (Å²) in [5.41, 5.74) is 6.50. The topological polar surface area (TPSA) is 44.5 Å². The zero-order chi connectivity index (χ0) is 13.5. The van der Waals surface area contributed by atoms with E-state index in [4.69, 9.17) is 15.2 Å². The highest BCUT2D eigenvalue weighted by Gasteiger charge is 2.16. The van der Waals surface area contributed by atoms with Crippen molar-refractivity contribution in [2.24, 2.45) is 5.73 Å². The highest BCUT2D eigenvalue weighted by atomic mass is 35.5. The molecule has 1 rings (SSSR count). The Labute approximate surface area is 120 Å². The summed E-state index contributed by atoms with van der Waals surface area (Å²) in [5.74, 6) is 0.566. The van der Waals surface area contributed by atoms with Crippen LogP contribution in [0.3, 0.4) is 0 Å². The van der Waals surface area contributed by atoms with Crippen LogP contribution in [-0.2, 0) is 0 Å². The molecule has 0 aliphatic carbocycles. The summed E-state index contributed by atoms with van der Waals surface area (Å²) in [7, 11) is 3.01. The van der Waals surface area contributed by atoms with Crippen molar-refractivity contribution < 1.29 is 13.9 Å². The molecule has 5 heteroatoms. The van der Waals surface area contributed by atoms with Gasteiger partial charge in [-0.25, -0.2) is 4.39 Å². The Hall–Kier alpha value is -1.00. The minimum atomic E-state index is -0.336. The fraction of sp³-hybridized carbons (Fsp3) is 0.571. The maximum Gasteiger partial charge on any atom is 0.163 e. The van der Waals surface area contributed by atoms with E-state index in [0.29, 0.717) is 17.1 Å². The first-order valence-electron chi connectivity index (χ1n) is 6.31. The van der Waals surface area contributed by atoms with Crippen molar-refractivity contribution in [2.75, 3.05) is 14.2 Å². The van der Waals surface area contributed by atoms with E-state index in [9.17, 15) is 4.39 Å². The van der Waals surface area contributed by atoms with Crippen LogP contribution in [0.15, 0.2) is 12.1 Å². The standard InChI is InChI=1S/C14H22FNO2.ClH/c1-4-5-6-7-12(16)10-8-13(17-2)14(18-3)9-11(10)15;/h8-9,12H,4-7,16H2,1-3H3;1H/t12-;/m1./s1. The number of halogens is 2. The SMILES string of the molecule is CCCCC[C@@H](N)c1cc(OC)c(OC)cc1F.Cl. The molecular formula is C14H23ClFNO2. The number of rotatable bonds is 7. The van der Waals surface area contributed by atoms with Crippen LogP contribution >= 0.6 is 12.4 Å². The average molecular weight is 292 g/mol. The lowest BCUT2D eigenvalue weighted by molar-refractivity contribution is 0.350. The first-order valence-corrected chi connectivity index (χ1v) is 6.31. The number of methoxy groups -OCH3 is 2. The van der Waals surface area contributed by atoms with Gasteiger partial charge >= 0.3 is 0 Å². The second-order valence-corrected chi connectivity index (χ2v) is 4.33. The fourth-order valence-electron chi connectivity index (χ4n) is 1.92. The van der Waals surface area contributed by atoms with E-state index in [-0.39, 0.29) is 24.3 Å². The Balaban J connectivity index is 0.00000324. The number of nitrogens with two attached hydrogens (primary N) is 1. The average Bonchev–Trinajstić information content (AvgIpc) is 2.38. The van der Waals surface area contributed by atoms with E-state index in [2.05, 4.69) is 6.92 Å². The quantitative estimate of drug-likeness (QED) is 0.776. The molecule has 0 aliphatic heterocycles. The molecule has 110 valence electrons. The smallest absolute Gasteiger partial charge is 0.163 e. The van der Waals surface area contributed by atoms with Crippen LogP contribution in [0.25, 0.3) is 0 Å². The molecule has 0 saturated carbocycles. The molecule has 0 saturated heterocycles. The zero-order valence-corrected chi connectivity index (χ0v) is 12.6. The predicted molar refractivity (Wildman–Crippen MR) is 77.8 cm³/mol. The summed E-state index contributed by atoms with van der Waals surface area (Å²) in [6.07, 6.45) is 4.02. The summed E-state index contributed by atoms with van der Waals surface area (Å²) in [6, 6.07) is 2.66. The lowest BCUT2D eigenvalue weighted by atomic mass is 10.0. The number of unbranched alkanes of at least 4 members (excludes halogenated alkanes) is 2. The predicted octanol–water partition coefficient (Wildman–Crippen LogP) is 3.84. The van der Waals surface area contributed by atoms with Crippen molar-refractivity contribution in [1.29, 1.82) is 0 Å². The van der Waals surface area contributed by atoms with Crippen molar-refractivity contribution in [2.45, 2.75) is 38.6 Å². The third-order valence-corrected chi connectivity index (χ3v) is 3.02. The molecule has 2 N–H and O–H groups in total. The minimum Gasteiger partial charge on any atom is -0.493 e. The third kappa shape index (κ3) is 4.88. The molecular weight excluding hydrogens is 269 g/mol. The molecule has 0 radical (unpaired) electrons. The monoisotopic (exact) mass is 291 g/mol. The van der Waals surface area contributed by atoms with Gasteiger partial charge < -0.3 is 15.2 Å². The molecule has 0 aromatic heterocycles. The lowest BCUT2D eigenvalue weighted by Crippen LogP contribution is -2.12. The van der Waals surface area contributed by atoms with Gasteiger partial charge in [-0.2, -0.15) is 0 Å². The van der Waals surface area contributed by atoms with Gasteiger partial charge in [0.1, 0.15) is 5.82 Å². The number of hydrogen-bond acceptors (Lipinski definition) is 3. The molecule has 3 nitrogen and oxygen atoms in total. The van der Waals surface area contributed by atoms with E-state index in [1.165, 1.54) is 20.3 Å². The molecule has 0 fully saturated rings. The van der Waals surface area contributed by atoms with Gasteiger partial charge in [-0.05, 0) is 12.5 Å². The van der Waals surface area contributed by atoms with Crippen LogP contribution in [0.4, 0.5) is 4.39 Å². The van der Waals surface area contributed by atoms with Crippen molar-refractivity contribution in [3.63, 3.8) is 0 Å². The summed E-state index contributed by atoms with van der Waals surface area (Å²) < 4.78 is 24.1. The Morgan fingerprint density at radius 1 is 1.16 bits per heavy atom. The second kappa shape index (κ2) is 8.99. The number of hydrogen-bond donors (Lipinski definition) is 1. The van der Waals surface area contributed by atoms with Gasteiger partial charge in [0.25, 0.3) is 0 Å². The molecule has 0 aliphatic rings. The first-order chi connectivity index (χ1) is 8.63. The molecule has 0 unspecified atom stereocenters. The minimum absolute atomic E-state index is 0. The van der Waals surface area contributed by atoms with Gasteiger partial charge in [0.15, 0.2) is 11.5 Å². The highest BCUT2D eigenvalue weighted by Crippen LogP contribution is 2.33. The molecule has 1 aromatic carbocycles. The van der Waals surface area contributed by atoms with Gasteiger partial charge in [0, 0.05) is 17.7 Å². The molecule has 1 atom stereocenters. The van der Waals surface area contributed by atoms with E-state index in [0.717, 1.165) is 25.7 Å². The van der Waals surface area contributed by atoms with Crippen LogP contribution in [0.5, 0.6) is 11.5 Å². The van der Waals surface area contributed by atoms with E-state index in [1.807, 2.05) is 0 Å². The Morgan fingerprint density at radius 2 is 1.74 bits per heavy atom. The summed E-state index contributed by atoms with van der Waals surface area (Å²) in [4.78, 5) is 0. The molecule has 0 amide bonds. The number of benzene rings is 1. The van der Waals surface area contributed by atoms with Crippen LogP contribution in [0.1, 0.15) is 44.2 Å². The lowest BCUT2D eigenvalue weighted by Gasteiger charge is -2.16. The maximum atomic E-state index is 13.9. The molecule has 1 aromatic rings. The van der Waals surface area contributed by atoms with Gasteiger partial charge in [-0.15, -0.1) is 12.4 Å². The Morgan fingerprint density at radius 3 is 2.26 bits per heavy atom. The number of ether oxygens (including phenoxy) is 2. The van der Waals surface area contributed by atoms with Crippen LogP contribution < -0.4 is 15.2 Å². The van der Waals surface area contributed by atoms with Gasteiger partial charge in [-0.3, -0.25) is 0 Å². The molecule has 19 heavy (non-hydrogen) atoms. The van der Waals surface area contributed by atoms with Gasteiger partial charge in [-0.1, -0.05) is 26.2 Å². The normalized spacial score (nSPS) is 11.6. The first kappa shape index (κ1) is 18.0. The van der Waals surface area contributed by atoms with Crippen molar-refractivity contribution in [3.05, 3.63) is 23.5 Å². The highest BCUT2D eigenvalue weighted by molar-refractivity contribution is 5.85. The third-order valence-electron chi connectivity index (χ3n) is 3.02. The summed E-state index contributed by atoms with van der Waals surface area (Å²) >= 11 is 0. The van der Waals surface area contributed by atoms with Crippen LogP contribution in [-0.4, -0.2) is 14.2 Å². The van der Waals surface area contributed by atoms with Crippen LogP contribution in [0.2, 0.25) is 0 Å². The Kier molecular flexibility index (Phi) is 8.52. The van der Waals surface area contributed by atoms with Crippen LogP contribution in [0, 0.1) is 5.82 Å². The zero-order valence-electron chi connectivity index (χ0n) is 11.7. The van der Waals surface area contributed by atoms with E-state index >= 15 is 0 Å². The van der Waals surface area contributed by atoms with Crippen molar-refractivity contribution in [3.8, 4) is 11.5 Å². The van der Waals surface area contributed by atoms with Crippen molar-refractivity contribution >= 4 is 12.4 Å². The second-order valence-electron chi connectivity index (χ2n) is 4.33. The van der Waals surface area contributed by atoms with E-state index < -0.39 is 0 Å². The molecule has 0 spiro atoms. The summed E-state index contributed by atoms with van der Waals surface area (Å²) in [6.45, 7) is 2.13. The summed E-state index contributed by atoms with van der Waals surface area (Å²) in [5, 5.41) is 0. The molecule has 0 bridgehead atoms. The van der Waals surface area contributed by atoms with E-state index in [1.54, 1.807) is 6.07 Å². The van der Waals surface area contributed by atoms with Gasteiger partial charge in [0.05, 0.1) is 14.2 Å². The van der Waals surface area contributed by atoms with Crippen molar-refractivity contribution in [1.82, 2.24) is 0 Å². The molecule has 0 heterocycles. The Bertz CT molecular complexity index is 388. The maximum absolute atomic E-state index is 13.9. The fourth-order valence-corrected chi connectivity index (χ4v) is 1.92.